The van der Waals surface area contributed by atoms with Crippen molar-refractivity contribution in [3.05, 3.63) is 12.2 Å². The number of esters is 3. The highest BCUT2D eigenvalue weighted by Crippen LogP contribution is 2.20. The lowest BCUT2D eigenvalue weighted by atomic mass is 10.0. The molecule has 1 unspecified atom stereocenters. The molecule has 0 bridgehead atoms. The summed E-state index contributed by atoms with van der Waals surface area (Å²) >= 11 is 0. The fraction of sp³-hybridized carbons (Fsp3) is 0.905. The molecule has 1 aliphatic heterocycles. The molecule has 1 aliphatic rings. The van der Waals surface area contributed by atoms with Gasteiger partial charge in [0.1, 0.15) is 6.10 Å². The highest BCUT2D eigenvalue weighted by molar-refractivity contribution is 5.76. The summed E-state index contributed by atoms with van der Waals surface area (Å²) in [7, 11) is 0. The van der Waals surface area contributed by atoms with Gasteiger partial charge in [0.05, 0.1) is 13.2 Å². The zero-order valence-corrected chi connectivity index (χ0v) is 48.1. The summed E-state index contributed by atoms with van der Waals surface area (Å²) in [6, 6.07) is 0. The van der Waals surface area contributed by atoms with Crippen molar-refractivity contribution < 1.29 is 33.4 Å². The molecule has 0 aliphatic carbocycles. The summed E-state index contributed by atoms with van der Waals surface area (Å²) < 4.78 is 17.8. The summed E-state index contributed by atoms with van der Waals surface area (Å²) in [5.74, 6) is -0.684. The third-order valence-corrected chi connectivity index (χ3v) is 14.8. The van der Waals surface area contributed by atoms with Crippen molar-refractivity contribution in [2.45, 2.75) is 316 Å². The SMILES string of the molecule is CCCCCCCC/C=C\CCCCCCCC(=O)OCC(COC(=O)CCCCCCC(=O)OC(CCCCCCCC)CCCCCCCC)CN(CCCN1CCCC1)C(=O)CCCCCCCC. The van der Waals surface area contributed by atoms with Crippen molar-refractivity contribution in [3.8, 4) is 0 Å². The minimum absolute atomic E-state index is 0.0365. The minimum atomic E-state index is -0.288. The van der Waals surface area contributed by atoms with Crippen LogP contribution < -0.4 is 0 Å². The molecule has 0 aromatic carbocycles. The Kier molecular flexibility index (Phi) is 48.9. The zero-order valence-electron chi connectivity index (χ0n) is 48.1. The van der Waals surface area contributed by atoms with Crippen molar-refractivity contribution in [3.63, 3.8) is 0 Å². The maximum atomic E-state index is 13.8. The fourth-order valence-electron chi connectivity index (χ4n) is 10.1. The number of unbranched alkanes of at least 4 members (excludes halogenated alkanes) is 29. The smallest absolute Gasteiger partial charge is 0.306 e. The zero-order chi connectivity index (χ0) is 52.2. The van der Waals surface area contributed by atoms with E-state index in [-0.39, 0.29) is 49.1 Å². The first-order valence-electron chi connectivity index (χ1n) is 31.5. The van der Waals surface area contributed by atoms with Crippen LogP contribution in [-0.2, 0) is 33.4 Å². The highest BCUT2D eigenvalue weighted by Gasteiger charge is 2.23. The van der Waals surface area contributed by atoms with Crippen LogP contribution in [-0.4, -0.2) is 85.7 Å². The first-order valence-corrected chi connectivity index (χ1v) is 31.5. The van der Waals surface area contributed by atoms with Gasteiger partial charge in [0.15, 0.2) is 0 Å². The molecule has 1 saturated heterocycles. The maximum Gasteiger partial charge on any atom is 0.306 e. The van der Waals surface area contributed by atoms with Crippen LogP contribution in [0.3, 0.4) is 0 Å². The van der Waals surface area contributed by atoms with Crippen LogP contribution in [0.25, 0.3) is 0 Å². The predicted molar refractivity (Wildman–Crippen MR) is 303 cm³/mol. The Morgan fingerprint density at radius 2 is 0.819 bits per heavy atom. The number of carbonyl (C=O) groups is 4. The van der Waals surface area contributed by atoms with Crippen LogP contribution in [0.15, 0.2) is 12.2 Å². The fourth-order valence-corrected chi connectivity index (χ4v) is 10.1. The number of hydrogen-bond donors (Lipinski definition) is 0. The van der Waals surface area contributed by atoms with E-state index in [1.807, 2.05) is 4.90 Å². The Morgan fingerprint density at radius 1 is 0.444 bits per heavy atom. The van der Waals surface area contributed by atoms with Gasteiger partial charge in [0.25, 0.3) is 0 Å². The Labute approximate surface area is 445 Å². The quantitative estimate of drug-likeness (QED) is 0.0257. The summed E-state index contributed by atoms with van der Waals surface area (Å²) in [5, 5.41) is 0. The lowest BCUT2D eigenvalue weighted by molar-refractivity contribution is -0.151. The van der Waals surface area contributed by atoms with Crippen LogP contribution in [0.1, 0.15) is 310 Å². The first-order chi connectivity index (χ1) is 35.3. The monoisotopic (exact) mass is 1010 g/mol. The van der Waals surface area contributed by atoms with Crippen LogP contribution in [0.5, 0.6) is 0 Å². The molecule has 0 radical (unpaired) electrons. The number of amides is 1. The molecule has 9 nitrogen and oxygen atoms in total. The molecule has 422 valence electrons. The van der Waals surface area contributed by atoms with Crippen molar-refractivity contribution in [1.29, 1.82) is 0 Å². The van der Waals surface area contributed by atoms with E-state index in [1.165, 1.54) is 154 Å². The molecule has 0 aromatic heterocycles. The molecule has 1 rings (SSSR count). The molecule has 0 aromatic rings. The van der Waals surface area contributed by atoms with Gasteiger partial charge in [-0.2, -0.15) is 0 Å². The number of hydrogen-bond acceptors (Lipinski definition) is 8. The minimum Gasteiger partial charge on any atom is -0.465 e. The van der Waals surface area contributed by atoms with E-state index in [0.29, 0.717) is 45.2 Å². The molecule has 1 atom stereocenters. The summed E-state index contributed by atoms with van der Waals surface area (Å²) in [4.78, 5) is 57.4. The number of carbonyl (C=O) groups excluding carboxylic acids is 4. The second-order valence-electron chi connectivity index (χ2n) is 22.0. The largest absolute Gasteiger partial charge is 0.465 e. The molecule has 9 heteroatoms. The van der Waals surface area contributed by atoms with E-state index >= 15 is 0 Å². The van der Waals surface area contributed by atoms with Gasteiger partial charge >= 0.3 is 17.9 Å². The van der Waals surface area contributed by atoms with Crippen molar-refractivity contribution in [1.82, 2.24) is 9.80 Å². The van der Waals surface area contributed by atoms with Crippen LogP contribution in [0.4, 0.5) is 0 Å². The number of likely N-dealkylation sites (tertiary alicyclic amines) is 1. The third kappa shape index (κ3) is 43.9. The van der Waals surface area contributed by atoms with Gasteiger partial charge in [0, 0.05) is 44.7 Å². The van der Waals surface area contributed by atoms with Gasteiger partial charge in [-0.3, -0.25) is 19.2 Å². The topological polar surface area (TPSA) is 102 Å². The number of ether oxygens (including phenoxy) is 3. The first kappa shape index (κ1) is 67.6. The Hall–Kier alpha value is -2.42. The second-order valence-corrected chi connectivity index (χ2v) is 22.0. The van der Waals surface area contributed by atoms with E-state index in [1.54, 1.807) is 0 Å². The van der Waals surface area contributed by atoms with Crippen LogP contribution in [0, 0.1) is 5.92 Å². The lowest BCUT2D eigenvalue weighted by Gasteiger charge is -2.28. The Bertz CT molecular complexity index is 1250. The third-order valence-electron chi connectivity index (χ3n) is 14.8. The van der Waals surface area contributed by atoms with E-state index in [9.17, 15) is 19.2 Å². The lowest BCUT2D eigenvalue weighted by Crippen LogP contribution is -2.40. The second kappa shape index (κ2) is 52.0. The van der Waals surface area contributed by atoms with Crippen molar-refractivity contribution >= 4 is 23.8 Å². The average molecular weight is 1020 g/mol. The molecule has 0 saturated carbocycles. The number of rotatable bonds is 54. The van der Waals surface area contributed by atoms with E-state index in [4.69, 9.17) is 14.2 Å². The van der Waals surface area contributed by atoms with Crippen molar-refractivity contribution in [2.75, 3.05) is 45.9 Å². The van der Waals surface area contributed by atoms with Gasteiger partial charge < -0.3 is 24.0 Å². The molecule has 1 heterocycles. The molecule has 0 N–H and O–H groups in total. The molecule has 1 fully saturated rings. The van der Waals surface area contributed by atoms with Gasteiger partial charge in [-0.25, -0.2) is 0 Å². The van der Waals surface area contributed by atoms with Crippen molar-refractivity contribution in [2.24, 2.45) is 5.92 Å². The van der Waals surface area contributed by atoms with E-state index in [0.717, 1.165) is 116 Å². The molecular weight excluding hydrogens is 897 g/mol. The van der Waals surface area contributed by atoms with Crippen LogP contribution in [0.2, 0.25) is 0 Å². The summed E-state index contributed by atoms with van der Waals surface area (Å²) in [5.41, 5.74) is 0. The van der Waals surface area contributed by atoms with Crippen LogP contribution >= 0.6 is 0 Å². The standard InChI is InChI=1S/C63H118N2O7/c1-5-9-13-17-21-22-23-24-25-26-27-28-29-33-39-48-61(67)70-56-58(55-65(54-44-53-64-51-42-43-52-64)60(66)47-38-32-20-16-12-8-4)57-71-62(68)49-40-34-35-41-50-63(69)72-59(45-36-30-18-14-10-6-2)46-37-31-19-15-11-7-3/h24-25,58-59H,5-23,26-57H2,1-4H3/b25-24-. The number of nitrogens with zero attached hydrogens (tertiary/aromatic N) is 2. The Morgan fingerprint density at radius 3 is 1.26 bits per heavy atom. The predicted octanol–water partition coefficient (Wildman–Crippen LogP) is 17.5. The van der Waals surface area contributed by atoms with E-state index < -0.39 is 0 Å². The van der Waals surface area contributed by atoms with Gasteiger partial charge in [-0.05, 0) is 116 Å². The normalized spacial score (nSPS) is 13.3. The maximum absolute atomic E-state index is 13.8. The van der Waals surface area contributed by atoms with E-state index in [2.05, 4.69) is 44.7 Å². The summed E-state index contributed by atoms with van der Waals surface area (Å²) in [6.45, 7) is 13.6. The van der Waals surface area contributed by atoms with Gasteiger partial charge in [0.2, 0.25) is 5.91 Å². The van der Waals surface area contributed by atoms with Gasteiger partial charge in [-0.1, -0.05) is 200 Å². The molecule has 0 spiro atoms. The highest BCUT2D eigenvalue weighted by atomic mass is 16.5. The molecular formula is C63H118N2O7. The van der Waals surface area contributed by atoms with Gasteiger partial charge in [-0.15, -0.1) is 0 Å². The average Bonchev–Trinajstić information content (AvgIpc) is 3.90. The molecule has 72 heavy (non-hydrogen) atoms. The molecule has 1 amide bonds. The Balaban J connectivity index is 2.66. The summed E-state index contributed by atoms with van der Waals surface area (Å²) in [6.07, 6.45) is 52.3. The number of allylic oxidation sites excluding steroid dienone is 2.